The monoisotopic (exact) mass is 361 g/mol. The molecule has 8 heteroatoms. The van der Waals surface area contributed by atoms with Gasteiger partial charge in [-0.2, -0.15) is 0 Å². The maximum atomic E-state index is 12.9. The molecule has 1 saturated heterocycles. The predicted octanol–water partition coefficient (Wildman–Crippen LogP) is 1.88. The number of aryl methyl sites for hydroxylation is 1. The summed E-state index contributed by atoms with van der Waals surface area (Å²) in [6.45, 7) is 6.05. The summed E-state index contributed by atoms with van der Waals surface area (Å²) in [7, 11) is 0. The molecule has 140 valence electrons. The molecule has 3 heterocycles. The van der Waals surface area contributed by atoms with Gasteiger partial charge >= 0.3 is 5.97 Å². The molecule has 1 aliphatic heterocycles. The standard InChI is InChI=1S/C18H23N3O5/c1-4-25-18(24)14-12(3)26-16-15(14)17(23)20(10-19-16)9-13(22)21-8-6-5-7-11(21)2/h10-11H,4-9H2,1-3H3/t11-/m0/s1. The summed E-state index contributed by atoms with van der Waals surface area (Å²) in [5, 5.41) is 0.0583. The van der Waals surface area contributed by atoms with Gasteiger partial charge in [0.25, 0.3) is 5.56 Å². The van der Waals surface area contributed by atoms with E-state index in [0.29, 0.717) is 6.54 Å². The van der Waals surface area contributed by atoms with Crippen molar-refractivity contribution in [3.05, 3.63) is 28.0 Å². The molecule has 1 fully saturated rings. The second kappa shape index (κ2) is 7.31. The third kappa shape index (κ3) is 3.23. The van der Waals surface area contributed by atoms with E-state index in [9.17, 15) is 14.4 Å². The highest BCUT2D eigenvalue weighted by Gasteiger charge is 2.26. The number of ether oxygens (including phenoxy) is 1. The topological polar surface area (TPSA) is 94.6 Å². The van der Waals surface area contributed by atoms with E-state index in [1.54, 1.807) is 18.7 Å². The van der Waals surface area contributed by atoms with Crippen LogP contribution in [0.3, 0.4) is 0 Å². The minimum atomic E-state index is -0.628. The Morgan fingerprint density at radius 1 is 1.38 bits per heavy atom. The Balaban J connectivity index is 1.96. The minimum Gasteiger partial charge on any atom is -0.462 e. The number of piperidine rings is 1. The SMILES string of the molecule is CCOC(=O)c1c(C)oc2ncn(CC(=O)N3CCCC[C@@H]3C)c(=O)c12. The molecule has 0 saturated carbocycles. The van der Waals surface area contributed by atoms with Crippen molar-refractivity contribution in [3.63, 3.8) is 0 Å². The highest BCUT2D eigenvalue weighted by atomic mass is 16.5. The quantitative estimate of drug-likeness (QED) is 0.772. The number of hydrogen-bond acceptors (Lipinski definition) is 6. The zero-order valence-corrected chi connectivity index (χ0v) is 15.3. The van der Waals surface area contributed by atoms with Crippen LogP contribution >= 0.6 is 0 Å². The van der Waals surface area contributed by atoms with Crippen molar-refractivity contribution in [2.24, 2.45) is 0 Å². The molecule has 0 aliphatic carbocycles. The summed E-state index contributed by atoms with van der Waals surface area (Å²) in [6, 6.07) is 0.162. The Hall–Kier alpha value is -2.64. The fraction of sp³-hybridized carbons (Fsp3) is 0.556. The molecule has 26 heavy (non-hydrogen) atoms. The van der Waals surface area contributed by atoms with Gasteiger partial charge in [-0.1, -0.05) is 0 Å². The van der Waals surface area contributed by atoms with Crippen molar-refractivity contribution in [2.75, 3.05) is 13.2 Å². The van der Waals surface area contributed by atoms with Crippen LogP contribution in [-0.2, 0) is 16.1 Å². The van der Waals surface area contributed by atoms with Crippen LogP contribution in [-0.4, -0.2) is 45.5 Å². The highest BCUT2D eigenvalue weighted by molar-refractivity contribution is 6.03. The van der Waals surface area contributed by atoms with Crippen LogP contribution in [0.15, 0.2) is 15.5 Å². The lowest BCUT2D eigenvalue weighted by Gasteiger charge is -2.33. The number of fused-ring (bicyclic) bond motifs is 1. The lowest BCUT2D eigenvalue weighted by Crippen LogP contribution is -2.44. The maximum absolute atomic E-state index is 12.9. The minimum absolute atomic E-state index is 0.0583. The van der Waals surface area contributed by atoms with Crippen LogP contribution in [0.1, 0.15) is 49.2 Å². The van der Waals surface area contributed by atoms with E-state index in [2.05, 4.69) is 4.98 Å². The molecule has 3 rings (SSSR count). The first-order chi connectivity index (χ1) is 12.4. The number of furan rings is 1. The largest absolute Gasteiger partial charge is 0.462 e. The number of rotatable bonds is 4. The van der Waals surface area contributed by atoms with Gasteiger partial charge in [0, 0.05) is 12.6 Å². The summed E-state index contributed by atoms with van der Waals surface area (Å²) in [4.78, 5) is 43.6. The number of nitrogens with zero attached hydrogens (tertiary/aromatic N) is 3. The molecule has 1 amide bonds. The first-order valence-corrected chi connectivity index (χ1v) is 8.89. The Bertz CT molecular complexity index is 898. The Morgan fingerprint density at radius 3 is 2.85 bits per heavy atom. The highest BCUT2D eigenvalue weighted by Crippen LogP contribution is 2.22. The third-order valence-corrected chi connectivity index (χ3v) is 4.76. The van der Waals surface area contributed by atoms with Gasteiger partial charge in [-0.3, -0.25) is 14.2 Å². The number of aromatic nitrogens is 2. The van der Waals surface area contributed by atoms with Crippen molar-refractivity contribution < 1.29 is 18.7 Å². The van der Waals surface area contributed by atoms with Crippen molar-refractivity contribution in [1.82, 2.24) is 14.5 Å². The molecule has 1 aliphatic rings. The summed E-state index contributed by atoms with van der Waals surface area (Å²) >= 11 is 0. The van der Waals surface area contributed by atoms with Crippen molar-refractivity contribution >= 4 is 23.0 Å². The van der Waals surface area contributed by atoms with E-state index in [0.717, 1.165) is 19.3 Å². The summed E-state index contributed by atoms with van der Waals surface area (Å²) in [6.07, 6.45) is 4.33. The van der Waals surface area contributed by atoms with Gasteiger partial charge in [-0.05, 0) is 40.0 Å². The summed E-state index contributed by atoms with van der Waals surface area (Å²) < 4.78 is 11.7. The number of carbonyl (C=O) groups is 2. The molecule has 0 radical (unpaired) electrons. The van der Waals surface area contributed by atoms with Crippen LogP contribution in [0.5, 0.6) is 0 Å². The van der Waals surface area contributed by atoms with E-state index < -0.39 is 11.5 Å². The molecule has 0 N–H and O–H groups in total. The van der Waals surface area contributed by atoms with Crippen LogP contribution in [0.4, 0.5) is 0 Å². The lowest BCUT2D eigenvalue weighted by molar-refractivity contribution is -0.135. The van der Waals surface area contributed by atoms with E-state index in [1.807, 2.05) is 6.92 Å². The number of carbonyl (C=O) groups excluding carboxylic acids is 2. The van der Waals surface area contributed by atoms with Gasteiger partial charge < -0.3 is 14.1 Å². The zero-order valence-electron chi connectivity index (χ0n) is 15.3. The normalized spacial score (nSPS) is 17.5. The summed E-state index contributed by atoms with van der Waals surface area (Å²) in [5.41, 5.74) is -0.328. The zero-order chi connectivity index (χ0) is 18.8. The molecule has 1 atom stereocenters. The molecular weight excluding hydrogens is 338 g/mol. The number of hydrogen-bond donors (Lipinski definition) is 0. The molecular formula is C18H23N3O5. The molecule has 0 aromatic carbocycles. The molecule has 2 aromatic rings. The van der Waals surface area contributed by atoms with Gasteiger partial charge in [0.2, 0.25) is 11.6 Å². The fourth-order valence-corrected chi connectivity index (χ4v) is 3.40. The van der Waals surface area contributed by atoms with Crippen molar-refractivity contribution in [3.8, 4) is 0 Å². The van der Waals surface area contributed by atoms with E-state index in [-0.39, 0.29) is 47.5 Å². The Morgan fingerprint density at radius 2 is 2.15 bits per heavy atom. The van der Waals surface area contributed by atoms with Crippen LogP contribution in [0.2, 0.25) is 0 Å². The Labute approximate surface area is 150 Å². The summed E-state index contributed by atoms with van der Waals surface area (Å²) in [5.74, 6) is -0.480. The van der Waals surface area contributed by atoms with Crippen molar-refractivity contribution in [1.29, 1.82) is 0 Å². The van der Waals surface area contributed by atoms with E-state index in [4.69, 9.17) is 9.15 Å². The van der Waals surface area contributed by atoms with Crippen LogP contribution in [0.25, 0.3) is 11.1 Å². The second-order valence-electron chi connectivity index (χ2n) is 6.54. The molecule has 0 spiro atoms. The first-order valence-electron chi connectivity index (χ1n) is 8.89. The van der Waals surface area contributed by atoms with Gasteiger partial charge in [0.15, 0.2) is 0 Å². The van der Waals surface area contributed by atoms with Crippen molar-refractivity contribution in [2.45, 2.75) is 52.6 Å². The smallest absolute Gasteiger partial charge is 0.342 e. The first kappa shape index (κ1) is 18.2. The van der Waals surface area contributed by atoms with Gasteiger partial charge in [-0.15, -0.1) is 0 Å². The second-order valence-corrected chi connectivity index (χ2v) is 6.54. The van der Waals surface area contributed by atoms with E-state index >= 15 is 0 Å². The van der Waals surface area contributed by atoms with Gasteiger partial charge in [0.05, 0.1) is 6.61 Å². The third-order valence-electron chi connectivity index (χ3n) is 4.76. The van der Waals surface area contributed by atoms with Gasteiger partial charge in [-0.25, -0.2) is 9.78 Å². The predicted molar refractivity (Wildman–Crippen MR) is 94.0 cm³/mol. The molecule has 2 aromatic heterocycles. The lowest BCUT2D eigenvalue weighted by atomic mass is 10.0. The average molecular weight is 361 g/mol. The fourth-order valence-electron chi connectivity index (χ4n) is 3.40. The average Bonchev–Trinajstić information content (AvgIpc) is 2.95. The number of esters is 1. The van der Waals surface area contributed by atoms with Gasteiger partial charge in [0.1, 0.15) is 29.6 Å². The maximum Gasteiger partial charge on any atom is 0.342 e. The van der Waals surface area contributed by atoms with E-state index in [1.165, 1.54) is 10.9 Å². The molecule has 0 bridgehead atoms. The number of likely N-dealkylation sites (tertiary alicyclic amines) is 1. The van der Waals surface area contributed by atoms with Crippen LogP contribution in [0, 0.1) is 6.92 Å². The molecule has 0 unspecified atom stereocenters. The Kier molecular flexibility index (Phi) is 5.11. The number of amides is 1. The molecule has 8 nitrogen and oxygen atoms in total. The van der Waals surface area contributed by atoms with Crippen LogP contribution < -0.4 is 5.56 Å².